The minimum Gasteiger partial charge on any atom is -0.491 e. The Labute approximate surface area is 92.1 Å². The molecule has 1 fully saturated rings. The highest BCUT2D eigenvalue weighted by molar-refractivity contribution is 5.33. The van der Waals surface area contributed by atoms with Crippen molar-refractivity contribution < 1.29 is 10.2 Å². The lowest BCUT2D eigenvalue weighted by molar-refractivity contribution is 0.121. The van der Waals surface area contributed by atoms with E-state index in [9.17, 15) is 10.2 Å². The predicted molar refractivity (Wildman–Crippen MR) is 56.2 cm³/mol. The zero-order valence-electron chi connectivity index (χ0n) is 8.46. The SMILES string of the molecule is OC1=C2NC3CC=CC=C3NC2C(O)N=N1. The number of azo groups is 1. The standard InChI is InChI=1S/C10H12N4O2/c15-9-7-8(10(16)14-13-9)12-6-4-2-1-3-5(6)11-7/h1-3,6-7,9,11-12,15-16H,4H2. The number of fused-ring (bicyclic) bond motifs is 2. The van der Waals surface area contributed by atoms with Crippen LogP contribution in [0, 0.1) is 0 Å². The number of allylic oxidation sites excluding steroid dienone is 2. The summed E-state index contributed by atoms with van der Waals surface area (Å²) >= 11 is 0. The van der Waals surface area contributed by atoms with E-state index in [-0.39, 0.29) is 11.9 Å². The van der Waals surface area contributed by atoms with E-state index in [1.807, 2.05) is 18.2 Å². The van der Waals surface area contributed by atoms with Crippen LogP contribution in [0.25, 0.3) is 0 Å². The summed E-state index contributed by atoms with van der Waals surface area (Å²) in [7, 11) is 0. The Balaban J connectivity index is 1.96. The van der Waals surface area contributed by atoms with E-state index in [2.05, 4.69) is 20.9 Å². The first-order chi connectivity index (χ1) is 7.75. The van der Waals surface area contributed by atoms with Gasteiger partial charge in [-0.05, 0) is 12.5 Å². The van der Waals surface area contributed by atoms with Crippen LogP contribution in [-0.4, -0.2) is 28.5 Å². The van der Waals surface area contributed by atoms with Gasteiger partial charge >= 0.3 is 0 Å². The van der Waals surface area contributed by atoms with Gasteiger partial charge in [0.1, 0.15) is 11.7 Å². The molecule has 2 aliphatic heterocycles. The van der Waals surface area contributed by atoms with E-state index in [4.69, 9.17) is 0 Å². The summed E-state index contributed by atoms with van der Waals surface area (Å²) in [5.74, 6) is -0.156. The normalized spacial score (nSPS) is 35.8. The summed E-state index contributed by atoms with van der Waals surface area (Å²) in [5, 5.41) is 32.6. The lowest BCUT2D eigenvalue weighted by Crippen LogP contribution is -2.56. The van der Waals surface area contributed by atoms with Crippen LogP contribution in [0.4, 0.5) is 0 Å². The van der Waals surface area contributed by atoms with Gasteiger partial charge in [-0.15, -0.1) is 5.11 Å². The molecule has 3 unspecified atom stereocenters. The van der Waals surface area contributed by atoms with E-state index in [0.29, 0.717) is 5.70 Å². The van der Waals surface area contributed by atoms with Crippen molar-refractivity contribution >= 4 is 0 Å². The molecule has 0 aromatic carbocycles. The summed E-state index contributed by atoms with van der Waals surface area (Å²) in [6, 6.07) is -0.328. The molecule has 0 aromatic rings. The number of aliphatic hydroxyl groups is 2. The third kappa shape index (κ3) is 1.30. The first-order valence-electron chi connectivity index (χ1n) is 5.17. The van der Waals surface area contributed by atoms with E-state index >= 15 is 0 Å². The van der Waals surface area contributed by atoms with Gasteiger partial charge in [0.2, 0.25) is 0 Å². The number of nitrogens with zero attached hydrogens (tertiary/aromatic N) is 2. The molecule has 0 aromatic heterocycles. The van der Waals surface area contributed by atoms with Crippen molar-refractivity contribution in [1.29, 1.82) is 0 Å². The molecule has 2 heterocycles. The molecule has 6 heteroatoms. The molecule has 3 rings (SSSR count). The number of aliphatic hydroxyl groups excluding tert-OH is 2. The molecule has 4 N–H and O–H groups in total. The van der Waals surface area contributed by atoms with Gasteiger partial charge in [-0.1, -0.05) is 12.2 Å². The maximum atomic E-state index is 9.66. The zero-order chi connectivity index (χ0) is 11.1. The first kappa shape index (κ1) is 9.41. The highest BCUT2D eigenvalue weighted by atomic mass is 16.3. The van der Waals surface area contributed by atoms with Gasteiger partial charge in [-0.3, -0.25) is 0 Å². The molecule has 0 spiro atoms. The topological polar surface area (TPSA) is 89.2 Å². The number of hydrogen-bond acceptors (Lipinski definition) is 6. The third-order valence-electron chi connectivity index (χ3n) is 2.93. The Hall–Kier alpha value is -1.82. The maximum Gasteiger partial charge on any atom is 0.252 e. The summed E-state index contributed by atoms with van der Waals surface area (Å²) in [6.07, 6.45) is 5.84. The Bertz CT molecular complexity index is 438. The summed E-state index contributed by atoms with van der Waals surface area (Å²) < 4.78 is 0. The molecule has 16 heavy (non-hydrogen) atoms. The molecular weight excluding hydrogens is 208 g/mol. The van der Waals surface area contributed by atoms with Crippen LogP contribution in [0.2, 0.25) is 0 Å². The highest BCUT2D eigenvalue weighted by Gasteiger charge is 2.37. The van der Waals surface area contributed by atoms with Crippen LogP contribution in [0.1, 0.15) is 6.42 Å². The van der Waals surface area contributed by atoms with Crippen molar-refractivity contribution in [1.82, 2.24) is 10.6 Å². The molecule has 0 saturated carbocycles. The third-order valence-corrected chi connectivity index (χ3v) is 2.93. The Morgan fingerprint density at radius 1 is 1.38 bits per heavy atom. The Morgan fingerprint density at radius 3 is 3.12 bits per heavy atom. The minimum absolute atomic E-state index is 0.110. The first-order valence-corrected chi connectivity index (χ1v) is 5.17. The Morgan fingerprint density at radius 2 is 2.25 bits per heavy atom. The summed E-state index contributed by atoms with van der Waals surface area (Å²) in [5.41, 5.74) is 1.51. The summed E-state index contributed by atoms with van der Waals surface area (Å²) in [6.45, 7) is 0. The van der Waals surface area contributed by atoms with Crippen LogP contribution in [0.15, 0.2) is 45.7 Å². The van der Waals surface area contributed by atoms with Crippen molar-refractivity contribution in [2.75, 3.05) is 0 Å². The van der Waals surface area contributed by atoms with Crippen LogP contribution in [0.3, 0.4) is 0 Å². The van der Waals surface area contributed by atoms with Crippen LogP contribution < -0.4 is 10.6 Å². The fourth-order valence-corrected chi connectivity index (χ4v) is 2.11. The van der Waals surface area contributed by atoms with Gasteiger partial charge in [-0.25, -0.2) is 0 Å². The maximum absolute atomic E-state index is 9.66. The molecule has 0 radical (unpaired) electrons. The fraction of sp³-hybridized carbons (Fsp3) is 0.400. The molecular formula is C10H12N4O2. The Kier molecular flexibility index (Phi) is 1.97. The molecule has 1 saturated heterocycles. The van der Waals surface area contributed by atoms with Gasteiger partial charge in [0.25, 0.3) is 5.88 Å². The number of hydrogen-bond donors (Lipinski definition) is 4. The lowest BCUT2D eigenvalue weighted by Gasteiger charge is -2.39. The van der Waals surface area contributed by atoms with E-state index < -0.39 is 12.3 Å². The summed E-state index contributed by atoms with van der Waals surface area (Å²) in [4.78, 5) is 0. The van der Waals surface area contributed by atoms with E-state index in [1.165, 1.54) is 0 Å². The molecule has 3 aliphatic rings. The number of rotatable bonds is 0. The quantitative estimate of drug-likeness (QED) is 0.472. The van der Waals surface area contributed by atoms with Gasteiger partial charge in [0.05, 0.1) is 6.04 Å². The molecule has 84 valence electrons. The monoisotopic (exact) mass is 220 g/mol. The molecule has 3 atom stereocenters. The lowest BCUT2D eigenvalue weighted by atomic mass is 9.97. The van der Waals surface area contributed by atoms with Crippen LogP contribution in [0.5, 0.6) is 0 Å². The smallest absolute Gasteiger partial charge is 0.252 e. The second kappa shape index (κ2) is 3.34. The van der Waals surface area contributed by atoms with Gasteiger partial charge in [-0.2, -0.15) is 5.11 Å². The average Bonchev–Trinajstić information content (AvgIpc) is 2.32. The number of nitrogens with one attached hydrogen (secondary N) is 2. The van der Waals surface area contributed by atoms with Crippen molar-refractivity contribution in [2.45, 2.75) is 24.7 Å². The molecule has 0 bridgehead atoms. The average molecular weight is 220 g/mol. The van der Waals surface area contributed by atoms with Crippen LogP contribution in [-0.2, 0) is 0 Å². The molecule has 0 amide bonds. The van der Waals surface area contributed by atoms with Gasteiger partial charge in [0, 0.05) is 5.70 Å². The van der Waals surface area contributed by atoms with E-state index in [0.717, 1.165) is 12.1 Å². The van der Waals surface area contributed by atoms with Crippen molar-refractivity contribution in [3.05, 3.63) is 35.5 Å². The zero-order valence-corrected chi connectivity index (χ0v) is 8.46. The minimum atomic E-state index is -0.967. The molecule has 1 aliphatic carbocycles. The van der Waals surface area contributed by atoms with E-state index in [1.54, 1.807) is 0 Å². The van der Waals surface area contributed by atoms with Crippen LogP contribution >= 0.6 is 0 Å². The highest BCUT2D eigenvalue weighted by Crippen LogP contribution is 2.26. The second-order valence-electron chi connectivity index (χ2n) is 3.97. The largest absolute Gasteiger partial charge is 0.491 e. The van der Waals surface area contributed by atoms with Gasteiger partial charge in [0.15, 0.2) is 6.23 Å². The van der Waals surface area contributed by atoms with Crippen molar-refractivity contribution in [3.63, 3.8) is 0 Å². The molecule has 6 nitrogen and oxygen atoms in total. The van der Waals surface area contributed by atoms with Crippen molar-refractivity contribution in [2.24, 2.45) is 10.2 Å². The fourth-order valence-electron chi connectivity index (χ4n) is 2.11. The predicted octanol–water partition coefficient (Wildman–Crippen LogP) is 0.271. The van der Waals surface area contributed by atoms with Gasteiger partial charge < -0.3 is 20.8 Å². The van der Waals surface area contributed by atoms with Crippen molar-refractivity contribution in [3.8, 4) is 0 Å². The second-order valence-corrected chi connectivity index (χ2v) is 3.97. The number of piperazine rings is 1.